The van der Waals surface area contributed by atoms with Crippen LogP contribution in [0.2, 0.25) is 0 Å². The van der Waals surface area contributed by atoms with E-state index >= 15 is 8.78 Å². The summed E-state index contributed by atoms with van der Waals surface area (Å²) in [7, 11) is 0. The number of terminal acetylenes is 1. The van der Waals surface area contributed by atoms with Crippen molar-refractivity contribution >= 4 is 27.5 Å². The van der Waals surface area contributed by atoms with Gasteiger partial charge in [-0.2, -0.15) is 9.97 Å². The summed E-state index contributed by atoms with van der Waals surface area (Å²) in [6, 6.07) is 10.1. The first-order valence-corrected chi connectivity index (χ1v) is 17.2. The number of piperazine rings is 1. The van der Waals surface area contributed by atoms with E-state index in [4.69, 9.17) is 20.9 Å². The zero-order valence-corrected chi connectivity index (χ0v) is 26.9. The van der Waals surface area contributed by atoms with Crippen molar-refractivity contribution in [2.24, 2.45) is 10.8 Å². The lowest BCUT2D eigenvalue weighted by molar-refractivity contribution is 0.138. The van der Waals surface area contributed by atoms with Crippen LogP contribution in [0.25, 0.3) is 32.8 Å². The van der Waals surface area contributed by atoms with Crippen LogP contribution in [-0.4, -0.2) is 84.6 Å². The van der Waals surface area contributed by atoms with Crippen LogP contribution in [-0.2, 0) is 4.74 Å². The molecule has 4 aromatic rings. The molecule has 3 aromatic carbocycles. The maximum Gasteiger partial charge on any atom is 0.319 e. The van der Waals surface area contributed by atoms with Gasteiger partial charge in [-0.15, -0.1) is 6.42 Å². The van der Waals surface area contributed by atoms with E-state index in [0.29, 0.717) is 52.7 Å². The first kappa shape index (κ1) is 30.1. The highest BCUT2D eigenvalue weighted by Crippen LogP contribution is 2.49. The maximum atomic E-state index is 16.9. The third-order valence-corrected chi connectivity index (χ3v) is 11.5. The summed E-state index contributed by atoms with van der Waals surface area (Å²) in [5.41, 5.74) is 0.646. The SMILES string of the molecule is C#Cc1cccc2cc(O)cc(-c3c(F)cc4c(N5CC6CCC(C5)N6)nc(OCC5(CN6CCC7(CCOC7)C6)CC5)nc4c3F)c12. The van der Waals surface area contributed by atoms with Crippen LogP contribution >= 0.6 is 0 Å². The molecule has 9 rings (SSSR count). The maximum absolute atomic E-state index is 16.9. The number of nitrogens with one attached hydrogen (secondary N) is 1. The zero-order chi connectivity index (χ0) is 32.6. The van der Waals surface area contributed by atoms with Gasteiger partial charge in [-0.3, -0.25) is 0 Å². The zero-order valence-electron chi connectivity index (χ0n) is 26.9. The normalized spacial score (nSPS) is 26.1. The van der Waals surface area contributed by atoms with Gasteiger partial charge in [-0.25, -0.2) is 8.78 Å². The first-order valence-electron chi connectivity index (χ1n) is 17.2. The summed E-state index contributed by atoms with van der Waals surface area (Å²) >= 11 is 0. The number of rotatable bonds is 7. The molecule has 0 amide bonds. The Bertz CT molecular complexity index is 1970. The third kappa shape index (κ3) is 5.15. The van der Waals surface area contributed by atoms with E-state index in [1.807, 2.05) is 0 Å². The number of halogens is 2. The molecule has 5 heterocycles. The molecule has 4 saturated heterocycles. The fraction of sp³-hybridized carbons (Fsp3) is 0.474. The quantitative estimate of drug-likeness (QED) is 0.249. The van der Waals surface area contributed by atoms with E-state index in [1.54, 1.807) is 24.3 Å². The van der Waals surface area contributed by atoms with E-state index in [0.717, 1.165) is 65.0 Å². The minimum atomic E-state index is -0.836. The number of likely N-dealkylation sites (tertiary alicyclic amines) is 1. The number of nitrogens with zero attached hydrogens (tertiary/aromatic N) is 4. The summed E-state index contributed by atoms with van der Waals surface area (Å²) in [6.45, 7) is 6.57. The Labute approximate surface area is 278 Å². The fourth-order valence-corrected chi connectivity index (χ4v) is 8.76. The Hall–Kier alpha value is -4.04. The molecule has 3 unspecified atom stereocenters. The minimum absolute atomic E-state index is 0.0101. The summed E-state index contributed by atoms with van der Waals surface area (Å²) in [4.78, 5) is 14.1. The number of fused-ring (bicyclic) bond motifs is 4. The highest BCUT2D eigenvalue weighted by molar-refractivity contribution is 6.04. The van der Waals surface area contributed by atoms with E-state index in [9.17, 15) is 5.11 Å². The van der Waals surface area contributed by atoms with Gasteiger partial charge >= 0.3 is 6.01 Å². The summed E-state index contributed by atoms with van der Waals surface area (Å²) < 4.78 is 45.3. The van der Waals surface area contributed by atoms with Gasteiger partial charge in [0.1, 0.15) is 22.9 Å². The predicted molar refractivity (Wildman–Crippen MR) is 180 cm³/mol. The first-order chi connectivity index (χ1) is 23.3. The van der Waals surface area contributed by atoms with E-state index in [1.165, 1.54) is 18.6 Å². The van der Waals surface area contributed by atoms with Crippen molar-refractivity contribution in [2.45, 2.75) is 50.6 Å². The summed E-state index contributed by atoms with van der Waals surface area (Å²) in [5, 5.41) is 15.6. The molecule has 5 fully saturated rings. The molecular formula is C38H39F2N5O3. The molecule has 48 heavy (non-hydrogen) atoms. The molecule has 3 atom stereocenters. The molecule has 1 saturated carbocycles. The van der Waals surface area contributed by atoms with Gasteiger partial charge in [0.25, 0.3) is 0 Å². The molecule has 4 aliphatic heterocycles. The van der Waals surface area contributed by atoms with E-state index in [-0.39, 0.29) is 45.9 Å². The Morgan fingerprint density at radius 2 is 1.92 bits per heavy atom. The number of anilines is 1. The van der Waals surface area contributed by atoms with Crippen molar-refractivity contribution < 1.29 is 23.4 Å². The lowest BCUT2D eigenvalue weighted by Crippen LogP contribution is -2.51. The number of ether oxygens (including phenoxy) is 2. The van der Waals surface area contributed by atoms with Gasteiger partial charge in [0.15, 0.2) is 5.82 Å². The van der Waals surface area contributed by atoms with Crippen molar-refractivity contribution in [1.29, 1.82) is 0 Å². The second kappa shape index (κ2) is 11.3. The third-order valence-electron chi connectivity index (χ3n) is 11.5. The Kier molecular flexibility index (Phi) is 7.05. The molecular weight excluding hydrogens is 612 g/mol. The van der Waals surface area contributed by atoms with Gasteiger partial charge in [-0.1, -0.05) is 18.1 Å². The number of phenols is 1. The van der Waals surface area contributed by atoms with Gasteiger partial charge in [0, 0.05) is 77.6 Å². The average molecular weight is 652 g/mol. The van der Waals surface area contributed by atoms with Crippen molar-refractivity contribution in [3.05, 3.63) is 53.6 Å². The summed E-state index contributed by atoms with van der Waals surface area (Å²) in [5.74, 6) is 1.39. The lowest BCUT2D eigenvalue weighted by atomic mass is 9.87. The van der Waals surface area contributed by atoms with Crippen LogP contribution in [0.1, 0.15) is 44.1 Å². The molecule has 248 valence electrons. The van der Waals surface area contributed by atoms with Crippen molar-refractivity contribution in [3.8, 4) is 35.2 Å². The Morgan fingerprint density at radius 1 is 1.08 bits per heavy atom. The molecule has 0 radical (unpaired) electrons. The van der Waals surface area contributed by atoms with Crippen molar-refractivity contribution in [1.82, 2.24) is 20.2 Å². The second-order valence-corrected chi connectivity index (χ2v) is 14.9. The number of hydrogen-bond donors (Lipinski definition) is 2. The van der Waals surface area contributed by atoms with Gasteiger partial charge in [0.05, 0.1) is 18.8 Å². The Balaban J connectivity index is 1.11. The minimum Gasteiger partial charge on any atom is -0.508 e. The topological polar surface area (TPSA) is 83.0 Å². The van der Waals surface area contributed by atoms with Crippen LogP contribution in [0.4, 0.5) is 14.6 Å². The largest absolute Gasteiger partial charge is 0.508 e. The van der Waals surface area contributed by atoms with Crippen LogP contribution in [0.3, 0.4) is 0 Å². The lowest BCUT2D eigenvalue weighted by Gasteiger charge is -2.34. The van der Waals surface area contributed by atoms with Crippen LogP contribution in [0.5, 0.6) is 11.8 Å². The molecule has 1 spiro atoms. The Morgan fingerprint density at radius 3 is 2.67 bits per heavy atom. The molecule has 2 bridgehead atoms. The monoisotopic (exact) mass is 651 g/mol. The van der Waals surface area contributed by atoms with Crippen LogP contribution in [0, 0.1) is 34.8 Å². The highest BCUT2D eigenvalue weighted by Gasteiger charge is 2.49. The van der Waals surface area contributed by atoms with E-state index in [2.05, 4.69) is 26.0 Å². The molecule has 10 heteroatoms. The smallest absolute Gasteiger partial charge is 0.319 e. The molecule has 1 aromatic heterocycles. The van der Waals surface area contributed by atoms with Crippen LogP contribution in [0.15, 0.2) is 36.4 Å². The second-order valence-electron chi connectivity index (χ2n) is 14.9. The van der Waals surface area contributed by atoms with Crippen molar-refractivity contribution in [2.75, 3.05) is 57.4 Å². The van der Waals surface area contributed by atoms with Crippen molar-refractivity contribution in [3.63, 3.8) is 0 Å². The highest BCUT2D eigenvalue weighted by atomic mass is 19.1. The number of hydrogen-bond acceptors (Lipinski definition) is 8. The average Bonchev–Trinajstić information content (AvgIpc) is 3.34. The standard InChI is InChI=1S/C38H39F2N5O3/c1-2-23-4-3-5-24-14-27(46)15-28(31(23)24)32-30(39)16-29-34(33(32)40)42-36(43-35(29)45-17-25-6-7-26(18-45)41-25)48-22-37(8-9-37)19-44-12-10-38(20-44)11-13-47-21-38/h1,3-5,14-16,25-26,41,46H,6-13,17-22H2. The molecule has 8 nitrogen and oxygen atoms in total. The van der Waals surface area contributed by atoms with E-state index < -0.39 is 11.6 Å². The predicted octanol–water partition coefficient (Wildman–Crippen LogP) is 5.63. The molecule has 5 aliphatic rings. The number of aromatic hydroxyl groups is 1. The number of benzene rings is 3. The molecule has 1 aliphatic carbocycles. The summed E-state index contributed by atoms with van der Waals surface area (Å²) in [6.07, 6.45) is 12.3. The molecule has 2 N–H and O–H groups in total. The number of aromatic nitrogens is 2. The number of phenolic OH excluding ortho intramolecular Hbond substituents is 1. The van der Waals surface area contributed by atoms with Gasteiger partial charge < -0.3 is 29.7 Å². The van der Waals surface area contributed by atoms with Crippen LogP contribution < -0.4 is 15.0 Å². The van der Waals surface area contributed by atoms with Gasteiger partial charge in [0.2, 0.25) is 0 Å². The fourth-order valence-electron chi connectivity index (χ4n) is 8.76. The van der Waals surface area contributed by atoms with Gasteiger partial charge in [-0.05, 0) is 74.7 Å².